The SMILES string of the molecule is O=C(O)c1ccc(S(=O)(=O)NC(CO)CO)o1. The minimum absolute atomic E-state index is 0.519. The van der Waals surface area contributed by atoms with Gasteiger partial charge in [-0.05, 0) is 12.1 Å². The maximum absolute atomic E-state index is 11.6. The van der Waals surface area contributed by atoms with Crippen LogP contribution in [0.25, 0.3) is 0 Å². The Morgan fingerprint density at radius 2 is 1.94 bits per heavy atom. The molecule has 0 radical (unpaired) electrons. The number of nitrogens with one attached hydrogen (secondary N) is 1. The number of aliphatic hydroxyl groups excluding tert-OH is 2. The van der Waals surface area contributed by atoms with Crippen molar-refractivity contribution in [3.63, 3.8) is 0 Å². The molecule has 0 atom stereocenters. The van der Waals surface area contributed by atoms with Gasteiger partial charge in [0.15, 0.2) is 0 Å². The van der Waals surface area contributed by atoms with Crippen LogP contribution in [0.2, 0.25) is 0 Å². The largest absolute Gasteiger partial charge is 0.475 e. The molecule has 0 aliphatic heterocycles. The molecule has 1 aromatic heterocycles. The fourth-order valence-electron chi connectivity index (χ4n) is 0.989. The van der Waals surface area contributed by atoms with Crippen molar-refractivity contribution in [3.05, 3.63) is 17.9 Å². The van der Waals surface area contributed by atoms with Crippen molar-refractivity contribution >= 4 is 16.0 Å². The Hall–Kier alpha value is -1.42. The Bertz CT molecular complexity index is 488. The zero-order valence-corrected chi connectivity index (χ0v) is 9.35. The highest BCUT2D eigenvalue weighted by molar-refractivity contribution is 7.89. The van der Waals surface area contributed by atoms with Crippen molar-refractivity contribution in [2.45, 2.75) is 11.1 Å². The molecule has 0 aliphatic carbocycles. The highest BCUT2D eigenvalue weighted by atomic mass is 32.2. The van der Waals surface area contributed by atoms with Crippen molar-refractivity contribution < 1.29 is 32.9 Å². The Kier molecular flexibility index (Phi) is 4.23. The lowest BCUT2D eigenvalue weighted by Gasteiger charge is -2.11. The van der Waals surface area contributed by atoms with E-state index in [0.29, 0.717) is 0 Å². The van der Waals surface area contributed by atoms with Crippen LogP contribution in [0.15, 0.2) is 21.6 Å². The van der Waals surface area contributed by atoms with E-state index in [-0.39, 0.29) is 0 Å². The van der Waals surface area contributed by atoms with Crippen molar-refractivity contribution in [2.24, 2.45) is 0 Å². The second-order valence-corrected chi connectivity index (χ2v) is 4.75. The molecule has 0 saturated heterocycles. The van der Waals surface area contributed by atoms with E-state index in [0.717, 1.165) is 12.1 Å². The lowest BCUT2D eigenvalue weighted by molar-refractivity contribution is 0.0656. The van der Waals surface area contributed by atoms with Crippen molar-refractivity contribution in [3.8, 4) is 0 Å². The van der Waals surface area contributed by atoms with E-state index in [1.165, 1.54) is 0 Å². The molecule has 0 aliphatic rings. The van der Waals surface area contributed by atoms with Gasteiger partial charge in [0, 0.05) is 0 Å². The van der Waals surface area contributed by atoms with Crippen LogP contribution < -0.4 is 4.72 Å². The molecule has 4 N–H and O–H groups in total. The van der Waals surface area contributed by atoms with E-state index in [1.807, 2.05) is 4.72 Å². The molecule has 0 fully saturated rings. The van der Waals surface area contributed by atoms with E-state index in [1.54, 1.807) is 0 Å². The molecule has 17 heavy (non-hydrogen) atoms. The van der Waals surface area contributed by atoms with Gasteiger partial charge in [0.05, 0.1) is 19.3 Å². The Labute approximate surface area is 96.5 Å². The van der Waals surface area contributed by atoms with Crippen LogP contribution in [0.4, 0.5) is 0 Å². The van der Waals surface area contributed by atoms with Crippen molar-refractivity contribution in [1.82, 2.24) is 4.72 Å². The summed E-state index contributed by atoms with van der Waals surface area (Å²) in [6.45, 7) is -1.19. The number of rotatable bonds is 6. The fraction of sp³-hybridized carbons (Fsp3) is 0.375. The molecule has 0 aromatic carbocycles. The van der Waals surface area contributed by atoms with E-state index in [2.05, 4.69) is 4.42 Å². The summed E-state index contributed by atoms with van der Waals surface area (Å²) in [5.74, 6) is -1.91. The first-order valence-corrected chi connectivity index (χ1v) is 5.96. The zero-order valence-electron chi connectivity index (χ0n) is 8.53. The van der Waals surface area contributed by atoms with E-state index >= 15 is 0 Å². The first kappa shape index (κ1) is 13.6. The Balaban J connectivity index is 2.93. The van der Waals surface area contributed by atoms with Crippen molar-refractivity contribution in [2.75, 3.05) is 13.2 Å². The predicted molar refractivity (Wildman–Crippen MR) is 53.9 cm³/mol. The molecule has 8 nitrogen and oxygen atoms in total. The summed E-state index contributed by atoms with van der Waals surface area (Å²) in [5.41, 5.74) is 0. The lowest BCUT2D eigenvalue weighted by atomic mass is 10.4. The third-order valence-electron chi connectivity index (χ3n) is 1.82. The smallest absolute Gasteiger partial charge is 0.371 e. The lowest BCUT2D eigenvalue weighted by Crippen LogP contribution is -2.39. The summed E-state index contributed by atoms with van der Waals surface area (Å²) in [6, 6.07) is 0.889. The number of aromatic carboxylic acids is 1. The van der Waals surface area contributed by atoms with Crippen LogP contribution in [0, 0.1) is 0 Å². The second kappa shape index (κ2) is 5.27. The number of hydrogen-bond donors (Lipinski definition) is 4. The number of sulfonamides is 1. The van der Waals surface area contributed by atoms with Gasteiger partial charge in [0.1, 0.15) is 0 Å². The maximum atomic E-state index is 11.6. The third kappa shape index (κ3) is 3.27. The van der Waals surface area contributed by atoms with Gasteiger partial charge in [-0.25, -0.2) is 17.9 Å². The number of aliphatic hydroxyl groups is 2. The molecule has 1 aromatic rings. The van der Waals surface area contributed by atoms with Gasteiger partial charge in [-0.3, -0.25) is 0 Å². The van der Waals surface area contributed by atoms with Gasteiger partial charge < -0.3 is 19.7 Å². The molecule has 0 amide bonds. The summed E-state index contributed by atoms with van der Waals surface area (Å²) < 4.78 is 29.7. The van der Waals surface area contributed by atoms with Crippen LogP contribution in [0.3, 0.4) is 0 Å². The highest BCUT2D eigenvalue weighted by Crippen LogP contribution is 2.14. The van der Waals surface area contributed by atoms with Gasteiger partial charge in [0.2, 0.25) is 10.9 Å². The number of furan rings is 1. The number of carboxylic acids is 1. The number of carbonyl (C=O) groups is 1. The quantitative estimate of drug-likeness (QED) is 0.497. The van der Waals surface area contributed by atoms with E-state index < -0.39 is 46.1 Å². The third-order valence-corrected chi connectivity index (χ3v) is 3.21. The molecule has 96 valence electrons. The average molecular weight is 265 g/mol. The summed E-state index contributed by atoms with van der Waals surface area (Å²) in [4.78, 5) is 10.5. The number of carboxylic acid groups (broad SMARTS) is 1. The van der Waals surface area contributed by atoms with Crippen molar-refractivity contribution in [1.29, 1.82) is 0 Å². The molecule has 0 bridgehead atoms. The normalized spacial score (nSPS) is 11.9. The van der Waals surface area contributed by atoms with Gasteiger partial charge in [-0.2, -0.15) is 0 Å². The van der Waals surface area contributed by atoms with Gasteiger partial charge in [-0.15, -0.1) is 0 Å². The first-order valence-electron chi connectivity index (χ1n) is 4.48. The van der Waals surface area contributed by atoms with Crippen LogP contribution in [0.5, 0.6) is 0 Å². The average Bonchev–Trinajstić information content (AvgIpc) is 2.75. The first-order chi connectivity index (χ1) is 7.90. The summed E-state index contributed by atoms with van der Waals surface area (Å²) in [5, 5.41) is 25.4. The standard InChI is InChI=1S/C8H11NO7S/c10-3-5(4-11)9-17(14,15)7-2-1-6(16-7)8(12)13/h1-2,5,9-11H,3-4H2,(H,12,13). The predicted octanol–water partition coefficient (Wildman–Crippen LogP) is -1.39. The minimum Gasteiger partial charge on any atom is -0.475 e. The van der Waals surface area contributed by atoms with Crippen LogP contribution >= 0.6 is 0 Å². The molecular formula is C8H11NO7S. The summed E-state index contributed by atoms with van der Waals surface area (Å²) in [6.07, 6.45) is 0. The Morgan fingerprint density at radius 1 is 1.35 bits per heavy atom. The zero-order chi connectivity index (χ0) is 13.1. The summed E-state index contributed by atoms with van der Waals surface area (Å²) >= 11 is 0. The van der Waals surface area contributed by atoms with Gasteiger partial charge >= 0.3 is 5.97 Å². The number of hydrogen-bond acceptors (Lipinski definition) is 6. The Morgan fingerprint density at radius 3 is 2.35 bits per heavy atom. The molecule has 1 rings (SSSR count). The van der Waals surface area contributed by atoms with Crippen LogP contribution in [-0.2, 0) is 10.0 Å². The van der Waals surface area contributed by atoms with E-state index in [9.17, 15) is 13.2 Å². The van der Waals surface area contributed by atoms with Gasteiger partial charge in [0.25, 0.3) is 10.0 Å². The minimum atomic E-state index is -4.10. The highest BCUT2D eigenvalue weighted by Gasteiger charge is 2.23. The van der Waals surface area contributed by atoms with Crippen LogP contribution in [0.1, 0.15) is 10.6 Å². The molecule has 0 spiro atoms. The molecule has 9 heteroatoms. The molecule has 0 saturated carbocycles. The molecule has 1 heterocycles. The van der Waals surface area contributed by atoms with Crippen LogP contribution in [-0.4, -0.2) is 49.0 Å². The topological polar surface area (TPSA) is 137 Å². The molecular weight excluding hydrogens is 254 g/mol. The monoisotopic (exact) mass is 265 g/mol. The summed E-state index contributed by atoms with van der Waals surface area (Å²) in [7, 11) is -4.10. The molecule has 0 unspecified atom stereocenters. The maximum Gasteiger partial charge on any atom is 0.371 e. The van der Waals surface area contributed by atoms with E-state index in [4.69, 9.17) is 15.3 Å². The second-order valence-electron chi connectivity index (χ2n) is 3.11. The van der Waals surface area contributed by atoms with Gasteiger partial charge in [-0.1, -0.05) is 0 Å². The fourth-order valence-corrected chi connectivity index (χ4v) is 2.14.